The zero-order valence-corrected chi connectivity index (χ0v) is 16.0. The summed E-state index contributed by atoms with van der Waals surface area (Å²) in [6.45, 7) is 3.78. The maximum atomic E-state index is 12.8. The number of carbonyl (C=O) groups excluding carboxylic acids is 2. The summed E-state index contributed by atoms with van der Waals surface area (Å²) in [4.78, 5) is 32.0. The minimum absolute atomic E-state index is 0.100. The van der Waals surface area contributed by atoms with Gasteiger partial charge in [-0.15, -0.1) is 0 Å². The number of aromatic nitrogens is 2. The minimum atomic E-state index is -0.327. The summed E-state index contributed by atoms with van der Waals surface area (Å²) in [5.41, 5.74) is 2.34. The van der Waals surface area contributed by atoms with Crippen LogP contribution in [0.2, 0.25) is 0 Å². The number of hydrogen-bond donors (Lipinski definition) is 1. The van der Waals surface area contributed by atoms with Crippen molar-refractivity contribution < 1.29 is 9.59 Å². The van der Waals surface area contributed by atoms with Crippen LogP contribution in [0.15, 0.2) is 54.6 Å². The van der Waals surface area contributed by atoms with Crippen LogP contribution in [0.1, 0.15) is 42.0 Å². The first-order valence-electron chi connectivity index (χ1n) is 9.72. The summed E-state index contributed by atoms with van der Waals surface area (Å²) >= 11 is 0. The van der Waals surface area contributed by atoms with Gasteiger partial charge in [0.15, 0.2) is 0 Å². The molecule has 0 radical (unpaired) electrons. The molecule has 3 aromatic rings. The number of nitrogens with zero attached hydrogens (tertiary/aromatic N) is 3. The first-order valence-corrected chi connectivity index (χ1v) is 9.72. The monoisotopic (exact) mass is 376 g/mol. The molecular weight excluding hydrogens is 352 g/mol. The lowest BCUT2D eigenvalue weighted by Crippen LogP contribution is -2.33. The molecule has 2 aromatic carbocycles. The summed E-state index contributed by atoms with van der Waals surface area (Å²) in [7, 11) is 0. The largest absolute Gasteiger partial charge is 0.342 e. The average molecular weight is 376 g/mol. The lowest BCUT2D eigenvalue weighted by atomic mass is 10.2. The molecule has 0 bridgehead atoms. The molecule has 1 saturated heterocycles. The predicted octanol–water partition coefficient (Wildman–Crippen LogP) is 3.15. The zero-order chi connectivity index (χ0) is 19.5. The van der Waals surface area contributed by atoms with Crippen LogP contribution in [-0.2, 0) is 11.3 Å². The molecule has 1 aromatic heterocycles. The number of imidazole rings is 1. The van der Waals surface area contributed by atoms with Gasteiger partial charge in [-0.3, -0.25) is 9.59 Å². The van der Waals surface area contributed by atoms with Crippen molar-refractivity contribution in [1.29, 1.82) is 0 Å². The van der Waals surface area contributed by atoms with Crippen molar-refractivity contribution >= 4 is 22.8 Å². The number of fused-ring (bicyclic) bond motifs is 1. The number of benzene rings is 2. The van der Waals surface area contributed by atoms with Crippen molar-refractivity contribution in [3.05, 3.63) is 66.0 Å². The fraction of sp³-hybridized carbons (Fsp3) is 0.318. The normalized spacial score (nSPS) is 15.0. The Hall–Kier alpha value is -3.15. The summed E-state index contributed by atoms with van der Waals surface area (Å²) < 4.78 is 1.94. The lowest BCUT2D eigenvalue weighted by Gasteiger charge is -2.19. The Balaban J connectivity index is 1.62. The van der Waals surface area contributed by atoms with E-state index in [9.17, 15) is 9.59 Å². The van der Waals surface area contributed by atoms with E-state index in [0.29, 0.717) is 11.4 Å². The number of rotatable bonds is 5. The highest BCUT2D eigenvalue weighted by atomic mass is 16.2. The van der Waals surface area contributed by atoms with Crippen LogP contribution < -0.4 is 5.32 Å². The molecule has 1 N–H and O–H groups in total. The van der Waals surface area contributed by atoms with Gasteiger partial charge < -0.3 is 14.8 Å². The van der Waals surface area contributed by atoms with Crippen LogP contribution in [-0.4, -0.2) is 39.4 Å². The topological polar surface area (TPSA) is 67.2 Å². The van der Waals surface area contributed by atoms with Gasteiger partial charge in [0.25, 0.3) is 5.91 Å². The van der Waals surface area contributed by atoms with Crippen molar-refractivity contribution in [3.63, 3.8) is 0 Å². The van der Waals surface area contributed by atoms with Gasteiger partial charge >= 0.3 is 0 Å². The Morgan fingerprint density at radius 2 is 1.71 bits per heavy atom. The quantitative estimate of drug-likeness (QED) is 0.744. The third kappa shape index (κ3) is 3.63. The second kappa shape index (κ2) is 7.84. The molecule has 0 spiro atoms. The maximum absolute atomic E-state index is 12.8. The number of carbonyl (C=O) groups is 2. The standard InChI is InChI=1S/C22H24N4O2/c1-16(23-22(28)17-9-3-2-4-10-17)21-24-18-11-5-6-12-19(18)26(21)15-20(27)25-13-7-8-14-25/h2-6,9-12,16H,7-8,13-15H2,1H3,(H,23,28). The van der Waals surface area contributed by atoms with Crippen molar-refractivity contribution in [2.45, 2.75) is 32.4 Å². The summed E-state index contributed by atoms with van der Waals surface area (Å²) in [5, 5.41) is 3.01. The highest BCUT2D eigenvalue weighted by molar-refractivity contribution is 5.94. The van der Waals surface area contributed by atoms with Crippen LogP contribution in [0.5, 0.6) is 0 Å². The Labute approximate surface area is 164 Å². The molecule has 144 valence electrons. The van der Waals surface area contributed by atoms with Crippen molar-refractivity contribution in [1.82, 2.24) is 19.8 Å². The van der Waals surface area contributed by atoms with Gasteiger partial charge in [-0.2, -0.15) is 0 Å². The van der Waals surface area contributed by atoms with Gasteiger partial charge in [0.2, 0.25) is 5.91 Å². The molecule has 0 saturated carbocycles. The van der Waals surface area contributed by atoms with Gasteiger partial charge in [-0.05, 0) is 44.0 Å². The van der Waals surface area contributed by atoms with Gasteiger partial charge in [0.05, 0.1) is 17.1 Å². The first kappa shape index (κ1) is 18.2. The lowest BCUT2D eigenvalue weighted by molar-refractivity contribution is -0.130. The Morgan fingerprint density at radius 1 is 1.04 bits per heavy atom. The van der Waals surface area contributed by atoms with E-state index in [2.05, 4.69) is 5.32 Å². The summed E-state index contributed by atoms with van der Waals surface area (Å²) in [6.07, 6.45) is 2.12. The smallest absolute Gasteiger partial charge is 0.251 e. The summed E-state index contributed by atoms with van der Waals surface area (Å²) in [5.74, 6) is 0.638. The van der Waals surface area contributed by atoms with Crippen molar-refractivity contribution in [2.75, 3.05) is 13.1 Å². The highest BCUT2D eigenvalue weighted by Gasteiger charge is 2.23. The van der Waals surface area contributed by atoms with Crippen molar-refractivity contribution in [3.8, 4) is 0 Å². The maximum Gasteiger partial charge on any atom is 0.251 e. The summed E-state index contributed by atoms with van der Waals surface area (Å²) in [6, 6.07) is 16.6. The Bertz CT molecular complexity index is 990. The molecule has 1 atom stereocenters. The highest BCUT2D eigenvalue weighted by Crippen LogP contribution is 2.22. The van der Waals surface area contributed by atoms with Crippen LogP contribution in [0, 0.1) is 0 Å². The van der Waals surface area contributed by atoms with Crippen molar-refractivity contribution in [2.24, 2.45) is 0 Å². The number of nitrogens with one attached hydrogen (secondary N) is 1. The molecule has 2 amide bonds. The minimum Gasteiger partial charge on any atom is -0.342 e. The second-order valence-electron chi connectivity index (χ2n) is 7.19. The third-order valence-corrected chi connectivity index (χ3v) is 5.21. The molecule has 28 heavy (non-hydrogen) atoms. The molecule has 0 aliphatic carbocycles. The Morgan fingerprint density at radius 3 is 2.46 bits per heavy atom. The second-order valence-corrected chi connectivity index (χ2v) is 7.19. The molecule has 1 aliphatic rings. The molecule has 1 aliphatic heterocycles. The molecule has 6 heteroatoms. The fourth-order valence-electron chi connectivity index (χ4n) is 3.73. The fourth-order valence-corrected chi connectivity index (χ4v) is 3.73. The van der Waals surface area contributed by atoms with Gasteiger partial charge in [0, 0.05) is 18.7 Å². The SMILES string of the molecule is CC(NC(=O)c1ccccc1)c1nc2ccccc2n1CC(=O)N1CCCC1. The van der Waals surface area contributed by atoms with Crippen LogP contribution >= 0.6 is 0 Å². The molecule has 4 rings (SSSR count). The molecule has 1 unspecified atom stereocenters. The van der Waals surface area contributed by atoms with E-state index < -0.39 is 0 Å². The zero-order valence-electron chi connectivity index (χ0n) is 16.0. The van der Waals surface area contributed by atoms with E-state index in [4.69, 9.17) is 4.98 Å². The molecule has 6 nitrogen and oxygen atoms in total. The number of amides is 2. The van der Waals surface area contributed by atoms with E-state index in [0.717, 1.165) is 37.0 Å². The van der Waals surface area contributed by atoms with Crippen LogP contribution in [0.25, 0.3) is 11.0 Å². The van der Waals surface area contributed by atoms with E-state index in [1.165, 1.54) is 0 Å². The number of hydrogen-bond acceptors (Lipinski definition) is 3. The van der Waals surface area contributed by atoms with E-state index in [1.54, 1.807) is 12.1 Å². The van der Waals surface area contributed by atoms with Gasteiger partial charge in [-0.1, -0.05) is 30.3 Å². The van der Waals surface area contributed by atoms with Gasteiger partial charge in [-0.25, -0.2) is 4.98 Å². The first-order chi connectivity index (χ1) is 13.6. The molecule has 2 heterocycles. The van der Waals surface area contributed by atoms with Crippen LogP contribution in [0.3, 0.4) is 0 Å². The van der Waals surface area contributed by atoms with E-state index in [1.807, 2.05) is 58.9 Å². The van der Waals surface area contributed by atoms with Crippen LogP contribution in [0.4, 0.5) is 0 Å². The average Bonchev–Trinajstić information content (AvgIpc) is 3.37. The van der Waals surface area contributed by atoms with Gasteiger partial charge in [0.1, 0.15) is 12.4 Å². The number of likely N-dealkylation sites (tertiary alicyclic amines) is 1. The Kier molecular flexibility index (Phi) is 5.10. The number of para-hydroxylation sites is 2. The third-order valence-electron chi connectivity index (χ3n) is 5.21. The van der Waals surface area contributed by atoms with E-state index in [-0.39, 0.29) is 24.4 Å². The predicted molar refractivity (Wildman–Crippen MR) is 108 cm³/mol. The van der Waals surface area contributed by atoms with E-state index >= 15 is 0 Å². The molecule has 1 fully saturated rings. The molecular formula is C22H24N4O2.